The second-order valence-electron chi connectivity index (χ2n) is 4.68. The van der Waals surface area contributed by atoms with Gasteiger partial charge in [0.2, 0.25) is 0 Å². The van der Waals surface area contributed by atoms with Gasteiger partial charge in [-0.05, 0) is 6.07 Å². The molecule has 3 rings (SSSR count). The minimum absolute atomic E-state index is 0.220. The van der Waals surface area contributed by atoms with Crippen molar-refractivity contribution in [2.24, 2.45) is 0 Å². The molecule has 1 aliphatic rings. The predicted octanol–water partition coefficient (Wildman–Crippen LogP) is 2.97. The van der Waals surface area contributed by atoms with Gasteiger partial charge in [-0.2, -0.15) is 0 Å². The summed E-state index contributed by atoms with van der Waals surface area (Å²) in [6.07, 6.45) is -1.76. The molecule has 1 saturated heterocycles. The van der Waals surface area contributed by atoms with Gasteiger partial charge in [0.15, 0.2) is 6.29 Å². The van der Waals surface area contributed by atoms with Crippen molar-refractivity contribution in [1.29, 1.82) is 0 Å². The maximum absolute atomic E-state index is 13.9. The lowest BCUT2D eigenvalue weighted by Crippen LogP contribution is -2.20. The highest BCUT2D eigenvalue weighted by molar-refractivity contribution is 5.23. The SMILES string of the molecule is OC[C@@H]1O[C@@H](c2ccccc2)O[C@H]1c1ccccc1F. The lowest BCUT2D eigenvalue weighted by molar-refractivity contribution is -0.0741. The number of ether oxygens (including phenoxy) is 2. The summed E-state index contributed by atoms with van der Waals surface area (Å²) in [7, 11) is 0. The van der Waals surface area contributed by atoms with E-state index in [1.165, 1.54) is 6.07 Å². The van der Waals surface area contributed by atoms with Crippen LogP contribution in [-0.2, 0) is 9.47 Å². The van der Waals surface area contributed by atoms with Gasteiger partial charge in [0, 0.05) is 11.1 Å². The fourth-order valence-corrected chi connectivity index (χ4v) is 2.37. The normalized spacial score (nSPS) is 25.8. The molecular formula is C16H15FO3. The van der Waals surface area contributed by atoms with Gasteiger partial charge in [0.25, 0.3) is 0 Å². The first-order valence-electron chi connectivity index (χ1n) is 6.50. The monoisotopic (exact) mass is 274 g/mol. The molecule has 0 radical (unpaired) electrons. The fraction of sp³-hybridized carbons (Fsp3) is 0.250. The standard InChI is InChI=1S/C16H15FO3/c17-13-9-5-4-8-12(13)15-14(10-18)19-16(20-15)11-6-2-1-3-7-11/h1-9,14-16,18H,10H2/t14-,15-,16+/m0/s1. The third-order valence-corrected chi connectivity index (χ3v) is 3.37. The zero-order valence-electron chi connectivity index (χ0n) is 10.8. The van der Waals surface area contributed by atoms with Gasteiger partial charge in [-0.3, -0.25) is 0 Å². The van der Waals surface area contributed by atoms with Crippen LogP contribution in [0.3, 0.4) is 0 Å². The molecule has 1 fully saturated rings. The van der Waals surface area contributed by atoms with Crippen molar-refractivity contribution in [2.45, 2.75) is 18.5 Å². The average Bonchev–Trinajstić information content (AvgIpc) is 2.93. The van der Waals surface area contributed by atoms with Crippen molar-refractivity contribution in [2.75, 3.05) is 6.61 Å². The topological polar surface area (TPSA) is 38.7 Å². The van der Waals surface area contributed by atoms with Crippen molar-refractivity contribution in [1.82, 2.24) is 0 Å². The summed E-state index contributed by atoms with van der Waals surface area (Å²) in [6.45, 7) is -0.220. The van der Waals surface area contributed by atoms with Gasteiger partial charge >= 0.3 is 0 Å². The summed E-state index contributed by atoms with van der Waals surface area (Å²) in [5.41, 5.74) is 1.26. The quantitative estimate of drug-likeness (QED) is 0.935. The second kappa shape index (κ2) is 5.71. The lowest BCUT2D eigenvalue weighted by atomic mass is 10.0. The van der Waals surface area contributed by atoms with Crippen LogP contribution in [0.2, 0.25) is 0 Å². The van der Waals surface area contributed by atoms with E-state index < -0.39 is 18.5 Å². The Morgan fingerprint density at radius 2 is 1.65 bits per heavy atom. The number of hydrogen-bond acceptors (Lipinski definition) is 3. The first-order valence-corrected chi connectivity index (χ1v) is 6.50. The molecule has 0 aromatic heterocycles. The molecule has 2 aromatic carbocycles. The largest absolute Gasteiger partial charge is 0.394 e. The van der Waals surface area contributed by atoms with Crippen molar-refractivity contribution in [3.63, 3.8) is 0 Å². The number of rotatable bonds is 3. The average molecular weight is 274 g/mol. The van der Waals surface area contributed by atoms with E-state index in [9.17, 15) is 9.50 Å². The van der Waals surface area contributed by atoms with E-state index in [4.69, 9.17) is 9.47 Å². The molecule has 104 valence electrons. The Kier molecular flexibility index (Phi) is 3.78. The Labute approximate surface area is 116 Å². The molecule has 2 aromatic rings. The molecule has 3 atom stereocenters. The van der Waals surface area contributed by atoms with Crippen LogP contribution < -0.4 is 0 Å². The van der Waals surface area contributed by atoms with Gasteiger partial charge < -0.3 is 14.6 Å². The van der Waals surface area contributed by atoms with E-state index in [0.717, 1.165) is 5.56 Å². The van der Waals surface area contributed by atoms with E-state index in [1.54, 1.807) is 18.2 Å². The maximum atomic E-state index is 13.9. The predicted molar refractivity (Wildman–Crippen MR) is 71.4 cm³/mol. The van der Waals surface area contributed by atoms with E-state index in [2.05, 4.69) is 0 Å². The number of aliphatic hydroxyl groups excluding tert-OH is 1. The van der Waals surface area contributed by atoms with E-state index >= 15 is 0 Å². The Balaban J connectivity index is 1.87. The van der Waals surface area contributed by atoms with Crippen LogP contribution in [-0.4, -0.2) is 17.8 Å². The summed E-state index contributed by atoms with van der Waals surface area (Å²) in [5, 5.41) is 9.43. The summed E-state index contributed by atoms with van der Waals surface area (Å²) in [5.74, 6) is -0.353. The molecule has 1 aliphatic heterocycles. The van der Waals surface area contributed by atoms with Gasteiger partial charge in [-0.25, -0.2) is 4.39 Å². The van der Waals surface area contributed by atoms with Crippen molar-refractivity contribution in [3.05, 3.63) is 71.5 Å². The lowest BCUT2D eigenvalue weighted by Gasteiger charge is -2.15. The zero-order valence-corrected chi connectivity index (χ0v) is 10.8. The van der Waals surface area contributed by atoms with Crippen LogP contribution in [0.1, 0.15) is 23.5 Å². The molecule has 0 bridgehead atoms. The number of aliphatic hydroxyl groups is 1. The van der Waals surface area contributed by atoms with Gasteiger partial charge in [0.05, 0.1) is 6.61 Å². The summed E-state index contributed by atoms with van der Waals surface area (Å²) in [4.78, 5) is 0. The Morgan fingerprint density at radius 1 is 0.950 bits per heavy atom. The van der Waals surface area contributed by atoms with E-state index in [0.29, 0.717) is 5.56 Å². The highest BCUT2D eigenvalue weighted by atomic mass is 19.1. The highest BCUT2D eigenvalue weighted by Gasteiger charge is 2.38. The maximum Gasteiger partial charge on any atom is 0.185 e. The third-order valence-electron chi connectivity index (χ3n) is 3.37. The fourth-order valence-electron chi connectivity index (χ4n) is 2.37. The van der Waals surface area contributed by atoms with Crippen molar-refractivity contribution >= 4 is 0 Å². The van der Waals surface area contributed by atoms with E-state index in [1.807, 2.05) is 30.3 Å². The van der Waals surface area contributed by atoms with E-state index in [-0.39, 0.29) is 12.4 Å². The van der Waals surface area contributed by atoms with Crippen LogP contribution >= 0.6 is 0 Å². The van der Waals surface area contributed by atoms with Crippen LogP contribution in [0, 0.1) is 5.82 Å². The molecular weight excluding hydrogens is 259 g/mol. The second-order valence-corrected chi connectivity index (χ2v) is 4.68. The van der Waals surface area contributed by atoms with Crippen molar-refractivity contribution in [3.8, 4) is 0 Å². The van der Waals surface area contributed by atoms with Gasteiger partial charge in [0.1, 0.15) is 18.0 Å². The Morgan fingerprint density at radius 3 is 2.35 bits per heavy atom. The molecule has 0 aliphatic carbocycles. The highest BCUT2D eigenvalue weighted by Crippen LogP contribution is 2.40. The Hall–Kier alpha value is -1.75. The molecule has 20 heavy (non-hydrogen) atoms. The van der Waals surface area contributed by atoms with Crippen molar-refractivity contribution < 1.29 is 19.0 Å². The first kappa shape index (κ1) is 13.2. The zero-order chi connectivity index (χ0) is 13.9. The summed E-state index contributed by atoms with van der Waals surface area (Å²) < 4.78 is 25.3. The molecule has 4 heteroatoms. The Bertz CT molecular complexity index is 573. The first-order chi connectivity index (χ1) is 9.79. The number of hydrogen-bond donors (Lipinski definition) is 1. The molecule has 1 N–H and O–H groups in total. The smallest absolute Gasteiger partial charge is 0.185 e. The van der Waals surface area contributed by atoms with Gasteiger partial charge in [-0.15, -0.1) is 0 Å². The minimum Gasteiger partial charge on any atom is -0.394 e. The summed E-state index contributed by atoms with van der Waals surface area (Å²) >= 11 is 0. The molecule has 0 unspecified atom stereocenters. The van der Waals surface area contributed by atoms with Crippen LogP contribution in [0.15, 0.2) is 54.6 Å². The summed E-state index contributed by atoms with van der Waals surface area (Å²) in [6, 6.07) is 15.8. The molecule has 3 nitrogen and oxygen atoms in total. The molecule has 1 heterocycles. The number of halogens is 1. The van der Waals surface area contributed by atoms with Crippen LogP contribution in [0.5, 0.6) is 0 Å². The third kappa shape index (κ3) is 2.45. The van der Waals surface area contributed by atoms with Gasteiger partial charge in [-0.1, -0.05) is 48.5 Å². The molecule has 0 amide bonds. The van der Waals surface area contributed by atoms with Crippen LogP contribution in [0.4, 0.5) is 4.39 Å². The minimum atomic E-state index is -0.605. The number of benzene rings is 2. The molecule has 0 spiro atoms. The molecule has 0 saturated carbocycles. The van der Waals surface area contributed by atoms with Crippen LogP contribution in [0.25, 0.3) is 0 Å².